The summed E-state index contributed by atoms with van der Waals surface area (Å²) in [6, 6.07) is 16.5. The van der Waals surface area contributed by atoms with Crippen LogP contribution in [0.15, 0.2) is 48.5 Å². The van der Waals surface area contributed by atoms with E-state index in [0.29, 0.717) is 0 Å². The summed E-state index contributed by atoms with van der Waals surface area (Å²) in [6.07, 6.45) is 3.24. The Morgan fingerprint density at radius 1 is 1.04 bits per heavy atom. The van der Waals surface area contributed by atoms with E-state index >= 15 is 0 Å². The van der Waals surface area contributed by atoms with Crippen molar-refractivity contribution in [1.82, 2.24) is 5.32 Å². The number of ether oxygens (including phenoxy) is 1. The van der Waals surface area contributed by atoms with Crippen molar-refractivity contribution in [3.8, 4) is 0 Å². The number of aryl methyl sites for hydroxylation is 1. The molecule has 0 bridgehead atoms. The van der Waals surface area contributed by atoms with Crippen LogP contribution in [0, 0.1) is 0 Å². The Labute approximate surface area is 148 Å². The summed E-state index contributed by atoms with van der Waals surface area (Å²) in [5, 5.41) is 3.22. The lowest BCUT2D eigenvalue weighted by Crippen LogP contribution is -2.36. The molecule has 4 nitrogen and oxygen atoms in total. The molecule has 1 N–H and O–H groups in total. The Bertz CT molecular complexity index is 736. The van der Waals surface area contributed by atoms with Crippen LogP contribution in [0.4, 0.5) is 5.69 Å². The van der Waals surface area contributed by atoms with Gasteiger partial charge in [0.15, 0.2) is 0 Å². The zero-order chi connectivity index (χ0) is 17.1. The van der Waals surface area contributed by atoms with Crippen molar-refractivity contribution in [2.24, 2.45) is 0 Å². The third kappa shape index (κ3) is 3.54. The molecule has 4 rings (SSSR count). The number of anilines is 1. The number of benzene rings is 2. The lowest BCUT2D eigenvalue weighted by atomic mass is 9.87. The van der Waals surface area contributed by atoms with Crippen molar-refractivity contribution < 1.29 is 9.53 Å². The van der Waals surface area contributed by atoms with E-state index in [1.54, 1.807) is 0 Å². The standard InChI is InChI=1S/C21H24N2O2/c24-21(22-20-7-3-5-16-4-1-2-6-19(16)20)17-8-10-18(11-9-17)23-12-14-25-15-13-23/h1-2,4,6,8-11,20H,3,5,7,12-15H2,(H,22,24). The summed E-state index contributed by atoms with van der Waals surface area (Å²) in [5.41, 5.74) is 4.51. The SMILES string of the molecule is O=C(NC1CCCc2ccccc21)c1ccc(N2CCOCC2)cc1. The molecular formula is C21H24N2O2. The second kappa shape index (κ2) is 7.28. The van der Waals surface area contributed by atoms with Gasteiger partial charge in [-0.3, -0.25) is 4.79 Å². The molecule has 2 aromatic rings. The topological polar surface area (TPSA) is 41.6 Å². The molecule has 1 saturated heterocycles. The Kier molecular flexibility index (Phi) is 4.70. The lowest BCUT2D eigenvalue weighted by molar-refractivity contribution is 0.0932. The summed E-state index contributed by atoms with van der Waals surface area (Å²) >= 11 is 0. The van der Waals surface area contributed by atoms with Crippen molar-refractivity contribution >= 4 is 11.6 Å². The van der Waals surface area contributed by atoms with Gasteiger partial charge < -0.3 is 15.0 Å². The van der Waals surface area contributed by atoms with Crippen molar-refractivity contribution in [3.05, 3.63) is 65.2 Å². The normalized spacial score (nSPS) is 20.0. The maximum absolute atomic E-state index is 12.7. The van der Waals surface area contributed by atoms with E-state index in [0.717, 1.165) is 56.8 Å². The number of amides is 1. The van der Waals surface area contributed by atoms with Crippen LogP contribution in [0.5, 0.6) is 0 Å². The first-order valence-electron chi connectivity index (χ1n) is 9.13. The predicted octanol–water partition coefficient (Wildman–Crippen LogP) is 3.33. The maximum atomic E-state index is 12.7. The molecule has 0 saturated carbocycles. The molecule has 1 atom stereocenters. The molecule has 1 unspecified atom stereocenters. The minimum absolute atomic E-state index is 0.00947. The molecule has 25 heavy (non-hydrogen) atoms. The largest absolute Gasteiger partial charge is 0.378 e. The van der Waals surface area contributed by atoms with Gasteiger partial charge in [0.25, 0.3) is 5.91 Å². The van der Waals surface area contributed by atoms with E-state index in [1.807, 2.05) is 24.3 Å². The van der Waals surface area contributed by atoms with Crippen molar-refractivity contribution in [2.45, 2.75) is 25.3 Å². The van der Waals surface area contributed by atoms with Crippen LogP contribution in [0.3, 0.4) is 0 Å². The fourth-order valence-corrected chi connectivity index (χ4v) is 3.79. The molecule has 1 fully saturated rings. The molecule has 0 radical (unpaired) electrons. The van der Waals surface area contributed by atoms with Crippen LogP contribution in [-0.4, -0.2) is 32.2 Å². The molecule has 1 aliphatic carbocycles. The third-order valence-corrected chi connectivity index (χ3v) is 5.18. The summed E-state index contributed by atoms with van der Waals surface area (Å²) in [5.74, 6) is 0.00947. The number of fused-ring (bicyclic) bond motifs is 1. The number of nitrogens with zero attached hydrogens (tertiary/aromatic N) is 1. The van der Waals surface area contributed by atoms with Gasteiger partial charge >= 0.3 is 0 Å². The summed E-state index contributed by atoms with van der Waals surface area (Å²) in [6.45, 7) is 3.35. The first kappa shape index (κ1) is 16.2. The zero-order valence-electron chi connectivity index (χ0n) is 14.4. The van der Waals surface area contributed by atoms with E-state index in [9.17, 15) is 4.79 Å². The Balaban J connectivity index is 1.45. The average Bonchev–Trinajstić information content (AvgIpc) is 2.69. The Morgan fingerprint density at radius 2 is 1.80 bits per heavy atom. The second-order valence-corrected chi connectivity index (χ2v) is 6.76. The highest BCUT2D eigenvalue weighted by molar-refractivity contribution is 5.94. The molecule has 1 heterocycles. The van der Waals surface area contributed by atoms with Gasteiger partial charge in [-0.05, 0) is 54.7 Å². The van der Waals surface area contributed by atoms with Crippen LogP contribution >= 0.6 is 0 Å². The van der Waals surface area contributed by atoms with E-state index in [4.69, 9.17) is 4.74 Å². The van der Waals surface area contributed by atoms with Gasteiger partial charge in [-0.25, -0.2) is 0 Å². The van der Waals surface area contributed by atoms with E-state index in [-0.39, 0.29) is 11.9 Å². The van der Waals surface area contributed by atoms with Crippen LogP contribution < -0.4 is 10.2 Å². The number of nitrogens with one attached hydrogen (secondary N) is 1. The molecule has 2 aromatic carbocycles. The van der Waals surface area contributed by atoms with Crippen molar-refractivity contribution in [3.63, 3.8) is 0 Å². The highest BCUT2D eigenvalue weighted by Gasteiger charge is 2.22. The zero-order valence-corrected chi connectivity index (χ0v) is 14.4. The lowest BCUT2D eigenvalue weighted by Gasteiger charge is -2.29. The fraction of sp³-hybridized carbons (Fsp3) is 0.381. The number of hydrogen-bond acceptors (Lipinski definition) is 3. The van der Waals surface area contributed by atoms with Crippen molar-refractivity contribution in [1.29, 1.82) is 0 Å². The summed E-state index contributed by atoms with van der Waals surface area (Å²) in [7, 11) is 0. The molecule has 1 amide bonds. The van der Waals surface area contributed by atoms with Crippen LogP contribution in [-0.2, 0) is 11.2 Å². The minimum Gasteiger partial charge on any atom is -0.378 e. The molecule has 2 aliphatic rings. The average molecular weight is 336 g/mol. The Hall–Kier alpha value is -2.33. The Morgan fingerprint density at radius 3 is 2.60 bits per heavy atom. The summed E-state index contributed by atoms with van der Waals surface area (Å²) < 4.78 is 5.39. The summed E-state index contributed by atoms with van der Waals surface area (Å²) in [4.78, 5) is 15.0. The number of hydrogen-bond donors (Lipinski definition) is 1. The van der Waals surface area contributed by atoms with E-state index in [1.165, 1.54) is 11.1 Å². The van der Waals surface area contributed by atoms with Gasteiger partial charge in [0.1, 0.15) is 0 Å². The maximum Gasteiger partial charge on any atom is 0.251 e. The minimum atomic E-state index is 0.00947. The van der Waals surface area contributed by atoms with Gasteiger partial charge in [-0.15, -0.1) is 0 Å². The van der Waals surface area contributed by atoms with Crippen LogP contribution in [0.25, 0.3) is 0 Å². The molecule has 4 heteroatoms. The van der Waals surface area contributed by atoms with Crippen molar-refractivity contribution in [2.75, 3.05) is 31.2 Å². The first-order valence-corrected chi connectivity index (χ1v) is 9.13. The van der Waals surface area contributed by atoms with Gasteiger partial charge in [0.05, 0.1) is 19.3 Å². The van der Waals surface area contributed by atoms with Gasteiger partial charge in [-0.2, -0.15) is 0 Å². The van der Waals surface area contributed by atoms with Gasteiger partial charge in [0, 0.05) is 24.3 Å². The third-order valence-electron chi connectivity index (χ3n) is 5.18. The van der Waals surface area contributed by atoms with E-state index < -0.39 is 0 Å². The van der Waals surface area contributed by atoms with Crippen LogP contribution in [0.2, 0.25) is 0 Å². The first-order chi connectivity index (χ1) is 12.3. The quantitative estimate of drug-likeness (QED) is 0.935. The van der Waals surface area contributed by atoms with Gasteiger partial charge in [0.2, 0.25) is 0 Å². The van der Waals surface area contributed by atoms with E-state index in [2.05, 4.69) is 34.5 Å². The molecular weight excluding hydrogens is 312 g/mol. The molecule has 0 spiro atoms. The number of carbonyl (C=O) groups excluding carboxylic acids is 1. The number of carbonyl (C=O) groups is 1. The molecule has 130 valence electrons. The van der Waals surface area contributed by atoms with Gasteiger partial charge in [-0.1, -0.05) is 24.3 Å². The number of morpholine rings is 1. The molecule has 0 aromatic heterocycles. The monoisotopic (exact) mass is 336 g/mol. The predicted molar refractivity (Wildman–Crippen MR) is 99.1 cm³/mol. The highest BCUT2D eigenvalue weighted by atomic mass is 16.5. The van der Waals surface area contributed by atoms with Crippen LogP contribution in [0.1, 0.15) is 40.4 Å². The molecule has 1 aliphatic heterocycles. The fourth-order valence-electron chi connectivity index (χ4n) is 3.79. The smallest absolute Gasteiger partial charge is 0.251 e. The second-order valence-electron chi connectivity index (χ2n) is 6.76. The number of rotatable bonds is 3. The highest BCUT2D eigenvalue weighted by Crippen LogP contribution is 2.29.